The number of nitrogens with zero attached hydrogens (tertiary/aromatic N) is 2. The van der Waals surface area contributed by atoms with Crippen molar-refractivity contribution in [3.8, 4) is 0 Å². The Balaban J connectivity index is 2.63. The van der Waals surface area contributed by atoms with Crippen LogP contribution in [0.1, 0.15) is 12.8 Å². The van der Waals surface area contributed by atoms with E-state index < -0.39 is 35.0 Å². The average Bonchev–Trinajstić information content (AvgIpc) is 2.47. The molecule has 11 nitrogen and oxygen atoms in total. The molecule has 0 radical (unpaired) electrons. The molecule has 0 aliphatic carbocycles. The smallest absolute Gasteiger partial charge is 0.352 e. The molecule has 1 rings (SSSR count). The van der Waals surface area contributed by atoms with Gasteiger partial charge in [-0.05, 0) is 12.1 Å². The summed E-state index contributed by atoms with van der Waals surface area (Å²) in [6.07, 6.45) is -0.806. The Kier molecular flexibility index (Phi) is 6.16. The Labute approximate surface area is 128 Å². The summed E-state index contributed by atoms with van der Waals surface area (Å²) in [6.45, 7) is 0. The van der Waals surface area contributed by atoms with Gasteiger partial charge in [0.1, 0.15) is 5.71 Å². The highest BCUT2D eigenvalue weighted by Crippen LogP contribution is 2.15. The molecule has 2 amide bonds. The lowest BCUT2D eigenvalue weighted by molar-refractivity contribution is -0.384. The summed E-state index contributed by atoms with van der Waals surface area (Å²) in [5.74, 6) is -2.66. The molecule has 1 aromatic rings. The molecule has 0 aromatic heterocycles. The van der Waals surface area contributed by atoms with Crippen molar-refractivity contribution in [1.29, 1.82) is 0 Å². The number of hydrazone groups is 1. The molecular formula is C12H12N4O7. The Morgan fingerprint density at radius 3 is 2.22 bits per heavy atom. The summed E-state index contributed by atoms with van der Waals surface area (Å²) in [6, 6.07) is 4.03. The maximum atomic E-state index is 11.5. The molecule has 0 spiro atoms. The summed E-state index contributed by atoms with van der Waals surface area (Å²) in [4.78, 5) is 42.6. The van der Waals surface area contributed by atoms with Gasteiger partial charge in [0.2, 0.25) is 0 Å². The molecule has 0 atom stereocenters. The topological polar surface area (TPSA) is 171 Å². The number of carboxylic acids is 2. The van der Waals surface area contributed by atoms with E-state index in [0.717, 1.165) is 0 Å². The zero-order valence-electron chi connectivity index (χ0n) is 11.6. The van der Waals surface area contributed by atoms with Crippen LogP contribution in [0.4, 0.5) is 16.2 Å². The molecule has 0 heterocycles. The third-order valence-corrected chi connectivity index (χ3v) is 2.45. The van der Waals surface area contributed by atoms with Crippen molar-refractivity contribution < 1.29 is 29.5 Å². The number of non-ortho nitro benzene ring substituents is 1. The standard InChI is InChI=1S/C12H12N4O7/c17-10(18)6-5-9(11(19)20)14-15-12(21)13-7-1-3-8(4-2-7)16(22)23/h1-4H,5-6H2,(H,17,18)(H,19,20)(H2,13,15,21)/b14-9-. The van der Waals surface area contributed by atoms with Crippen molar-refractivity contribution in [3.63, 3.8) is 0 Å². The molecule has 11 heteroatoms. The lowest BCUT2D eigenvalue weighted by Crippen LogP contribution is -2.27. The number of hydrogen-bond donors (Lipinski definition) is 4. The Hall–Kier alpha value is -3.50. The van der Waals surface area contributed by atoms with Gasteiger partial charge in [0, 0.05) is 24.2 Å². The number of rotatable bonds is 7. The summed E-state index contributed by atoms with van der Waals surface area (Å²) in [5, 5.41) is 33.4. The highest BCUT2D eigenvalue weighted by Gasteiger charge is 2.13. The van der Waals surface area contributed by atoms with Crippen molar-refractivity contribution in [2.75, 3.05) is 5.32 Å². The van der Waals surface area contributed by atoms with Crippen molar-refractivity contribution in [1.82, 2.24) is 5.43 Å². The number of urea groups is 1. The van der Waals surface area contributed by atoms with Crippen LogP contribution in [0.15, 0.2) is 29.4 Å². The minimum absolute atomic E-state index is 0.157. The first-order valence-electron chi connectivity index (χ1n) is 6.12. The van der Waals surface area contributed by atoms with Gasteiger partial charge in [-0.1, -0.05) is 0 Å². The number of benzene rings is 1. The monoisotopic (exact) mass is 324 g/mol. The zero-order chi connectivity index (χ0) is 17.4. The molecule has 0 aliphatic rings. The van der Waals surface area contributed by atoms with Gasteiger partial charge >= 0.3 is 18.0 Å². The third kappa shape index (κ3) is 6.20. The lowest BCUT2D eigenvalue weighted by Gasteiger charge is -2.05. The number of carboxylic acid groups (broad SMARTS) is 2. The summed E-state index contributed by atoms with van der Waals surface area (Å²) >= 11 is 0. The van der Waals surface area contributed by atoms with E-state index in [-0.39, 0.29) is 17.8 Å². The Morgan fingerprint density at radius 2 is 1.74 bits per heavy atom. The molecule has 0 unspecified atom stereocenters. The number of nitro benzene ring substituents is 1. The number of carbonyl (C=O) groups is 3. The van der Waals surface area contributed by atoms with Crippen LogP contribution in [0.5, 0.6) is 0 Å². The number of nitro groups is 1. The molecule has 1 aromatic carbocycles. The molecule has 0 saturated carbocycles. The summed E-state index contributed by atoms with van der Waals surface area (Å²) in [7, 11) is 0. The average molecular weight is 324 g/mol. The normalized spacial score (nSPS) is 10.7. The highest BCUT2D eigenvalue weighted by atomic mass is 16.6. The second-order valence-corrected chi connectivity index (χ2v) is 4.13. The second-order valence-electron chi connectivity index (χ2n) is 4.13. The van der Waals surface area contributed by atoms with Gasteiger partial charge in [-0.2, -0.15) is 5.10 Å². The number of anilines is 1. The van der Waals surface area contributed by atoms with Gasteiger partial charge in [0.25, 0.3) is 5.69 Å². The molecule has 23 heavy (non-hydrogen) atoms. The van der Waals surface area contributed by atoms with Crippen LogP contribution in [-0.4, -0.2) is 38.8 Å². The van der Waals surface area contributed by atoms with Crippen LogP contribution < -0.4 is 10.7 Å². The second kappa shape index (κ2) is 8.07. The number of aliphatic carboxylic acids is 2. The largest absolute Gasteiger partial charge is 0.481 e. The van der Waals surface area contributed by atoms with Crippen LogP contribution in [0.3, 0.4) is 0 Å². The first-order chi connectivity index (χ1) is 10.8. The fourth-order valence-corrected chi connectivity index (χ4v) is 1.38. The first kappa shape index (κ1) is 17.6. The van der Waals surface area contributed by atoms with E-state index in [9.17, 15) is 24.5 Å². The van der Waals surface area contributed by atoms with Crippen LogP contribution in [0.2, 0.25) is 0 Å². The zero-order valence-corrected chi connectivity index (χ0v) is 11.6. The van der Waals surface area contributed by atoms with Crippen LogP contribution in [0, 0.1) is 10.1 Å². The number of amides is 2. The fraction of sp³-hybridized carbons (Fsp3) is 0.167. The summed E-state index contributed by atoms with van der Waals surface area (Å²) in [5.41, 5.74) is 1.45. The van der Waals surface area contributed by atoms with Gasteiger partial charge < -0.3 is 15.5 Å². The number of nitrogens with one attached hydrogen (secondary N) is 2. The highest BCUT2D eigenvalue weighted by molar-refractivity contribution is 6.35. The van der Waals surface area contributed by atoms with Gasteiger partial charge in [0.15, 0.2) is 0 Å². The minimum Gasteiger partial charge on any atom is -0.481 e. The molecular weight excluding hydrogens is 312 g/mol. The van der Waals surface area contributed by atoms with E-state index in [1.165, 1.54) is 24.3 Å². The van der Waals surface area contributed by atoms with Crippen molar-refractivity contribution in [2.45, 2.75) is 12.8 Å². The Bertz CT molecular complexity index is 654. The van der Waals surface area contributed by atoms with Crippen LogP contribution in [-0.2, 0) is 9.59 Å². The van der Waals surface area contributed by atoms with Gasteiger partial charge in [-0.3, -0.25) is 14.9 Å². The van der Waals surface area contributed by atoms with Crippen LogP contribution >= 0.6 is 0 Å². The molecule has 4 N–H and O–H groups in total. The molecule has 0 aliphatic heterocycles. The van der Waals surface area contributed by atoms with Gasteiger partial charge in [0.05, 0.1) is 11.3 Å². The van der Waals surface area contributed by atoms with E-state index in [1.807, 2.05) is 5.43 Å². The number of hydrogen-bond acceptors (Lipinski definition) is 6. The quantitative estimate of drug-likeness (QED) is 0.329. The lowest BCUT2D eigenvalue weighted by atomic mass is 10.2. The molecule has 122 valence electrons. The number of carbonyl (C=O) groups excluding carboxylic acids is 1. The third-order valence-electron chi connectivity index (χ3n) is 2.45. The predicted octanol–water partition coefficient (Wildman–Crippen LogP) is 1.02. The van der Waals surface area contributed by atoms with Crippen molar-refractivity contribution >= 4 is 35.1 Å². The molecule has 0 bridgehead atoms. The van der Waals surface area contributed by atoms with Gasteiger partial charge in [-0.15, -0.1) is 0 Å². The van der Waals surface area contributed by atoms with E-state index in [4.69, 9.17) is 10.2 Å². The van der Waals surface area contributed by atoms with Crippen molar-refractivity contribution in [2.24, 2.45) is 5.10 Å². The van der Waals surface area contributed by atoms with Crippen LogP contribution in [0.25, 0.3) is 0 Å². The van der Waals surface area contributed by atoms with E-state index in [1.54, 1.807) is 0 Å². The van der Waals surface area contributed by atoms with Crippen molar-refractivity contribution in [3.05, 3.63) is 34.4 Å². The first-order valence-corrected chi connectivity index (χ1v) is 6.12. The fourth-order valence-electron chi connectivity index (χ4n) is 1.38. The molecule has 0 fully saturated rings. The van der Waals surface area contributed by atoms with E-state index in [0.29, 0.717) is 0 Å². The Morgan fingerprint density at radius 1 is 1.13 bits per heavy atom. The minimum atomic E-state index is -1.46. The maximum absolute atomic E-state index is 11.5. The van der Waals surface area contributed by atoms with E-state index in [2.05, 4.69) is 10.4 Å². The van der Waals surface area contributed by atoms with Gasteiger partial charge in [-0.25, -0.2) is 15.0 Å². The SMILES string of the molecule is O=C(O)CC/C(=N/NC(=O)Nc1ccc([N+](=O)[O-])cc1)C(=O)O. The predicted molar refractivity (Wildman–Crippen MR) is 77.2 cm³/mol. The van der Waals surface area contributed by atoms with E-state index >= 15 is 0 Å². The maximum Gasteiger partial charge on any atom is 0.352 e. The molecule has 0 saturated heterocycles. The summed E-state index contributed by atoms with van der Waals surface area (Å²) < 4.78 is 0.